The molecule has 4 aliphatic rings. The largest absolute Gasteiger partial charge is 0.355 e. The van der Waals surface area contributed by atoms with Gasteiger partial charge in [0, 0.05) is 6.20 Å². The number of aromatic nitrogens is 3. The number of hydrogen-bond donors (Lipinski definition) is 2. The molecule has 2 N–H and O–H groups in total. The molecule has 4 saturated carbocycles. The zero-order chi connectivity index (χ0) is 13.3. The van der Waals surface area contributed by atoms with Crippen LogP contribution in [0.5, 0.6) is 0 Å². The number of rotatable bonds is 2. The number of nitrogens with one attached hydrogen (secondary N) is 2. The van der Waals surface area contributed by atoms with Crippen molar-refractivity contribution in [2.75, 3.05) is 0 Å². The Morgan fingerprint density at radius 3 is 2.75 bits per heavy atom. The first-order valence-electron chi connectivity index (χ1n) is 7.76. The molecular weight excluding hydrogens is 250 g/mol. The van der Waals surface area contributed by atoms with E-state index in [0.717, 1.165) is 29.7 Å². The van der Waals surface area contributed by atoms with Gasteiger partial charge in [0.05, 0.1) is 11.8 Å². The zero-order valence-electron chi connectivity index (χ0n) is 11.5. The molecule has 4 fully saturated rings. The lowest BCUT2D eigenvalue weighted by molar-refractivity contribution is 0.144. The van der Waals surface area contributed by atoms with E-state index >= 15 is 0 Å². The fourth-order valence-electron chi connectivity index (χ4n) is 5.74. The molecule has 4 heteroatoms. The third-order valence-electron chi connectivity index (χ3n) is 6.16. The van der Waals surface area contributed by atoms with E-state index < -0.39 is 0 Å². The maximum atomic E-state index is 11.8. The minimum Gasteiger partial charge on any atom is -0.355 e. The smallest absolute Gasteiger partial charge is 0.275 e. The number of hydrogen-bond acceptors (Lipinski definition) is 2. The van der Waals surface area contributed by atoms with E-state index in [0.29, 0.717) is 10.9 Å². The molecule has 2 aromatic heterocycles. The minimum atomic E-state index is -0.0606. The lowest BCUT2D eigenvalue weighted by Crippen LogP contribution is -2.29. The summed E-state index contributed by atoms with van der Waals surface area (Å²) in [6.45, 7) is 0. The van der Waals surface area contributed by atoms with E-state index in [2.05, 4.69) is 15.0 Å². The molecule has 4 bridgehead atoms. The summed E-state index contributed by atoms with van der Waals surface area (Å²) in [7, 11) is 0. The van der Waals surface area contributed by atoms with Gasteiger partial charge < -0.3 is 9.97 Å². The normalized spacial score (nSPS) is 38.1. The highest BCUT2D eigenvalue weighted by molar-refractivity contribution is 5.77. The zero-order valence-corrected chi connectivity index (χ0v) is 11.5. The van der Waals surface area contributed by atoms with Gasteiger partial charge in [0.1, 0.15) is 5.52 Å². The van der Waals surface area contributed by atoms with Crippen LogP contribution in [-0.2, 0) is 6.42 Å². The minimum absolute atomic E-state index is 0.0606. The second-order valence-corrected chi connectivity index (χ2v) is 7.42. The van der Waals surface area contributed by atoms with Gasteiger partial charge in [-0.15, -0.1) is 0 Å². The predicted molar refractivity (Wildman–Crippen MR) is 76.4 cm³/mol. The molecule has 104 valence electrons. The molecule has 6 rings (SSSR count). The van der Waals surface area contributed by atoms with E-state index in [1.165, 1.54) is 44.0 Å². The maximum absolute atomic E-state index is 11.8. The summed E-state index contributed by atoms with van der Waals surface area (Å²) in [6.07, 6.45) is 11.8. The van der Waals surface area contributed by atoms with Crippen molar-refractivity contribution in [3.63, 3.8) is 0 Å². The molecule has 0 saturated heterocycles. The Labute approximate surface area is 117 Å². The Balaban J connectivity index is 1.55. The molecule has 0 aromatic carbocycles. The van der Waals surface area contributed by atoms with E-state index in [4.69, 9.17) is 0 Å². The van der Waals surface area contributed by atoms with E-state index in [1.54, 1.807) is 0 Å². The van der Waals surface area contributed by atoms with Crippen LogP contribution in [0.2, 0.25) is 0 Å². The number of fused-ring (bicyclic) bond motifs is 1. The van der Waals surface area contributed by atoms with Crippen LogP contribution >= 0.6 is 0 Å². The molecule has 2 atom stereocenters. The van der Waals surface area contributed by atoms with Crippen molar-refractivity contribution in [2.24, 2.45) is 23.2 Å². The molecule has 2 aromatic rings. The van der Waals surface area contributed by atoms with E-state index in [-0.39, 0.29) is 5.56 Å². The van der Waals surface area contributed by atoms with Crippen molar-refractivity contribution < 1.29 is 0 Å². The summed E-state index contributed by atoms with van der Waals surface area (Å²) in [4.78, 5) is 21.9. The molecule has 0 aliphatic heterocycles. The van der Waals surface area contributed by atoms with Gasteiger partial charge >= 0.3 is 0 Å². The third-order valence-corrected chi connectivity index (χ3v) is 6.16. The Hall–Kier alpha value is -1.58. The first-order valence-corrected chi connectivity index (χ1v) is 7.76. The fourth-order valence-corrected chi connectivity index (χ4v) is 5.74. The number of nitrogens with zero attached hydrogens (tertiary/aromatic N) is 1. The average molecular weight is 269 g/mol. The van der Waals surface area contributed by atoms with E-state index in [1.807, 2.05) is 6.20 Å². The SMILES string of the molecule is O=c1[nH]cnc2c(CC34CC5CC(C3)C(C5)C4)c[nH]c12. The Kier molecular flexibility index (Phi) is 1.97. The van der Waals surface area contributed by atoms with Crippen LogP contribution in [0, 0.1) is 23.2 Å². The summed E-state index contributed by atoms with van der Waals surface area (Å²) < 4.78 is 0. The van der Waals surface area contributed by atoms with Gasteiger partial charge in [-0.1, -0.05) is 0 Å². The lowest BCUT2D eigenvalue weighted by Gasteiger charge is -2.38. The molecule has 0 spiro atoms. The van der Waals surface area contributed by atoms with Crippen LogP contribution in [-0.4, -0.2) is 15.0 Å². The van der Waals surface area contributed by atoms with Crippen LogP contribution in [0.3, 0.4) is 0 Å². The first-order chi connectivity index (χ1) is 9.72. The molecular formula is C16H19N3O. The molecule has 4 nitrogen and oxygen atoms in total. The second-order valence-electron chi connectivity index (χ2n) is 7.42. The molecule has 4 aliphatic carbocycles. The Morgan fingerprint density at radius 1 is 1.20 bits per heavy atom. The molecule has 0 amide bonds. The number of H-pyrrole nitrogens is 2. The van der Waals surface area contributed by atoms with Crippen LogP contribution in [0.25, 0.3) is 11.0 Å². The topological polar surface area (TPSA) is 61.5 Å². The van der Waals surface area contributed by atoms with Gasteiger partial charge in [0.25, 0.3) is 5.56 Å². The maximum Gasteiger partial charge on any atom is 0.275 e. The average Bonchev–Trinajstić information content (AvgIpc) is 3.00. The first kappa shape index (κ1) is 11.1. The summed E-state index contributed by atoms with van der Waals surface area (Å²) in [5, 5.41) is 0. The quantitative estimate of drug-likeness (QED) is 0.880. The number of aromatic amines is 2. The van der Waals surface area contributed by atoms with Gasteiger partial charge in [-0.3, -0.25) is 4.79 Å². The molecule has 2 heterocycles. The van der Waals surface area contributed by atoms with Gasteiger partial charge in [-0.2, -0.15) is 0 Å². The van der Waals surface area contributed by atoms with Gasteiger partial charge in [-0.05, 0) is 67.3 Å². The van der Waals surface area contributed by atoms with Crippen molar-refractivity contribution in [1.82, 2.24) is 15.0 Å². The highest BCUT2D eigenvalue weighted by Crippen LogP contribution is 2.65. The van der Waals surface area contributed by atoms with Crippen LogP contribution in [0.1, 0.15) is 37.7 Å². The monoisotopic (exact) mass is 269 g/mol. The predicted octanol–water partition coefficient (Wildman–Crippen LogP) is 2.62. The van der Waals surface area contributed by atoms with Gasteiger partial charge in [0.15, 0.2) is 0 Å². The summed E-state index contributed by atoms with van der Waals surface area (Å²) in [6, 6.07) is 0. The molecule has 20 heavy (non-hydrogen) atoms. The third kappa shape index (κ3) is 1.37. The highest BCUT2D eigenvalue weighted by atomic mass is 16.1. The van der Waals surface area contributed by atoms with Gasteiger partial charge in [-0.25, -0.2) is 4.98 Å². The summed E-state index contributed by atoms with van der Waals surface area (Å²) in [5.74, 6) is 2.97. The summed E-state index contributed by atoms with van der Waals surface area (Å²) in [5.41, 5.74) is 3.21. The highest BCUT2D eigenvalue weighted by Gasteiger charge is 2.55. The van der Waals surface area contributed by atoms with Crippen molar-refractivity contribution >= 4 is 11.0 Å². The Bertz CT molecular complexity index is 724. The second kappa shape index (κ2) is 3.54. The van der Waals surface area contributed by atoms with Crippen molar-refractivity contribution in [1.29, 1.82) is 0 Å². The van der Waals surface area contributed by atoms with E-state index in [9.17, 15) is 4.79 Å². The van der Waals surface area contributed by atoms with Crippen LogP contribution in [0.15, 0.2) is 17.3 Å². The van der Waals surface area contributed by atoms with Crippen molar-refractivity contribution in [2.45, 2.75) is 38.5 Å². The lowest BCUT2D eigenvalue weighted by atomic mass is 9.67. The van der Waals surface area contributed by atoms with Gasteiger partial charge in [0.2, 0.25) is 0 Å². The van der Waals surface area contributed by atoms with Crippen molar-refractivity contribution in [3.05, 3.63) is 28.4 Å². The van der Waals surface area contributed by atoms with Crippen LogP contribution < -0.4 is 5.56 Å². The summed E-state index contributed by atoms with van der Waals surface area (Å²) >= 11 is 0. The molecule has 2 unspecified atom stereocenters. The Morgan fingerprint density at radius 2 is 2.00 bits per heavy atom. The molecule has 0 radical (unpaired) electrons. The standard InChI is InChI=1S/C16H19N3O/c20-15-14-13(18-8-19-15)12(7-17-14)6-16-3-9-1-10(4-16)11(2-9)5-16/h7-11,17H,1-6H2,(H,18,19,20). The van der Waals surface area contributed by atoms with Crippen molar-refractivity contribution in [3.8, 4) is 0 Å². The van der Waals surface area contributed by atoms with Crippen LogP contribution in [0.4, 0.5) is 0 Å². The fraction of sp³-hybridized carbons (Fsp3) is 0.625.